The lowest BCUT2D eigenvalue weighted by Crippen LogP contribution is -2.54. The van der Waals surface area contributed by atoms with E-state index in [4.69, 9.17) is 5.73 Å². The molecular formula is C18H37Cl2N3O. The van der Waals surface area contributed by atoms with Gasteiger partial charge in [-0.15, -0.1) is 24.8 Å². The van der Waals surface area contributed by atoms with Gasteiger partial charge in [0.05, 0.1) is 5.92 Å². The van der Waals surface area contributed by atoms with E-state index < -0.39 is 0 Å². The number of halogens is 2. The fourth-order valence-corrected chi connectivity index (χ4v) is 4.41. The van der Waals surface area contributed by atoms with Crippen LogP contribution in [-0.4, -0.2) is 43.0 Å². The molecule has 3 atom stereocenters. The Morgan fingerprint density at radius 2 is 1.71 bits per heavy atom. The zero-order valence-electron chi connectivity index (χ0n) is 15.6. The number of nitrogens with one attached hydrogen (secondary N) is 1. The molecule has 0 aromatic carbocycles. The predicted molar refractivity (Wildman–Crippen MR) is 106 cm³/mol. The zero-order valence-corrected chi connectivity index (χ0v) is 17.2. The van der Waals surface area contributed by atoms with E-state index in [0.29, 0.717) is 6.04 Å². The lowest BCUT2D eigenvalue weighted by atomic mass is 9.74. The summed E-state index contributed by atoms with van der Waals surface area (Å²) in [6.45, 7) is 2.81. The van der Waals surface area contributed by atoms with Crippen molar-refractivity contribution in [2.45, 2.75) is 76.3 Å². The van der Waals surface area contributed by atoms with Crippen LogP contribution in [0.2, 0.25) is 0 Å². The molecule has 0 aromatic heterocycles. The second kappa shape index (κ2) is 10.8. The average molecular weight is 382 g/mol. The Morgan fingerprint density at radius 3 is 2.25 bits per heavy atom. The molecule has 0 aromatic rings. The minimum atomic E-state index is -0.333. The summed E-state index contributed by atoms with van der Waals surface area (Å²) in [7, 11) is 4.28. The van der Waals surface area contributed by atoms with E-state index in [9.17, 15) is 4.79 Å². The Balaban J connectivity index is 0.00000264. The van der Waals surface area contributed by atoms with Crippen molar-refractivity contribution in [2.75, 3.05) is 20.6 Å². The SMILES string of the molecule is CN(C)C(CNC(=O)C1CCCCC1(C)N)C1CCCCC1.Cl.Cl. The smallest absolute Gasteiger partial charge is 0.225 e. The van der Waals surface area contributed by atoms with Crippen LogP contribution >= 0.6 is 24.8 Å². The number of carbonyl (C=O) groups is 1. The summed E-state index contributed by atoms with van der Waals surface area (Å²) in [6, 6.07) is 0.455. The summed E-state index contributed by atoms with van der Waals surface area (Å²) >= 11 is 0. The van der Waals surface area contributed by atoms with Crippen molar-refractivity contribution < 1.29 is 4.79 Å². The molecule has 1 amide bonds. The Bertz CT molecular complexity index is 371. The molecule has 3 unspecified atom stereocenters. The quantitative estimate of drug-likeness (QED) is 0.767. The molecule has 0 saturated heterocycles. The lowest BCUT2D eigenvalue weighted by Gasteiger charge is -2.39. The molecular weight excluding hydrogens is 345 g/mol. The zero-order chi connectivity index (χ0) is 16.2. The minimum Gasteiger partial charge on any atom is -0.354 e. The molecule has 144 valence electrons. The number of carbonyl (C=O) groups excluding carboxylic acids is 1. The molecule has 6 heteroatoms. The Morgan fingerprint density at radius 1 is 1.12 bits per heavy atom. The van der Waals surface area contributed by atoms with Crippen molar-refractivity contribution in [1.29, 1.82) is 0 Å². The van der Waals surface area contributed by atoms with Gasteiger partial charge in [-0.3, -0.25) is 4.79 Å². The van der Waals surface area contributed by atoms with E-state index in [1.54, 1.807) is 0 Å². The standard InChI is InChI=1S/C18H35N3O.2ClH/c1-18(19)12-8-7-11-15(18)17(22)20-13-16(21(2)3)14-9-5-4-6-10-14;;/h14-16H,4-13,19H2,1-3H3,(H,20,22);2*1H. The number of amides is 1. The summed E-state index contributed by atoms with van der Waals surface area (Å²) in [5.74, 6) is 0.877. The van der Waals surface area contributed by atoms with Crippen molar-refractivity contribution in [3.8, 4) is 0 Å². The summed E-state index contributed by atoms with van der Waals surface area (Å²) in [4.78, 5) is 14.9. The van der Waals surface area contributed by atoms with E-state index in [0.717, 1.165) is 38.1 Å². The van der Waals surface area contributed by atoms with Crippen molar-refractivity contribution in [3.63, 3.8) is 0 Å². The fourth-order valence-electron chi connectivity index (χ4n) is 4.41. The van der Waals surface area contributed by atoms with Crippen LogP contribution in [-0.2, 0) is 4.79 Å². The molecule has 0 radical (unpaired) electrons. The molecule has 2 saturated carbocycles. The normalized spacial score (nSPS) is 29.3. The third-order valence-electron chi connectivity index (χ3n) is 5.91. The van der Waals surface area contributed by atoms with Crippen molar-refractivity contribution >= 4 is 30.7 Å². The van der Waals surface area contributed by atoms with Crippen LogP contribution < -0.4 is 11.1 Å². The van der Waals surface area contributed by atoms with Crippen LogP contribution in [0.15, 0.2) is 0 Å². The first kappa shape index (κ1) is 24.0. The molecule has 2 fully saturated rings. The maximum Gasteiger partial charge on any atom is 0.225 e. The number of hydrogen-bond donors (Lipinski definition) is 2. The van der Waals surface area contributed by atoms with E-state index in [1.165, 1.54) is 32.1 Å². The molecule has 3 N–H and O–H groups in total. The second-order valence-corrected chi connectivity index (χ2v) is 7.98. The van der Waals surface area contributed by atoms with Gasteiger partial charge in [0, 0.05) is 18.1 Å². The maximum absolute atomic E-state index is 12.6. The number of hydrogen-bond acceptors (Lipinski definition) is 3. The van der Waals surface area contributed by atoms with Crippen LogP contribution in [0.5, 0.6) is 0 Å². The van der Waals surface area contributed by atoms with Gasteiger partial charge in [-0.2, -0.15) is 0 Å². The second-order valence-electron chi connectivity index (χ2n) is 7.98. The third-order valence-corrected chi connectivity index (χ3v) is 5.91. The maximum atomic E-state index is 12.6. The van der Waals surface area contributed by atoms with Crippen LogP contribution in [0.4, 0.5) is 0 Å². The van der Waals surface area contributed by atoms with Gasteiger partial charge in [-0.1, -0.05) is 32.1 Å². The van der Waals surface area contributed by atoms with E-state index in [2.05, 4.69) is 24.3 Å². The lowest BCUT2D eigenvalue weighted by molar-refractivity contribution is -0.128. The molecule has 0 heterocycles. The van der Waals surface area contributed by atoms with E-state index in [-0.39, 0.29) is 42.2 Å². The van der Waals surface area contributed by atoms with E-state index >= 15 is 0 Å². The minimum absolute atomic E-state index is 0. The van der Waals surface area contributed by atoms with Gasteiger partial charge in [-0.05, 0) is 52.6 Å². The number of nitrogens with zero attached hydrogens (tertiary/aromatic N) is 1. The molecule has 2 aliphatic rings. The summed E-state index contributed by atoms with van der Waals surface area (Å²) in [6.07, 6.45) is 10.8. The fraction of sp³-hybridized carbons (Fsp3) is 0.944. The van der Waals surface area contributed by atoms with Crippen LogP contribution in [0.3, 0.4) is 0 Å². The molecule has 0 bridgehead atoms. The highest BCUT2D eigenvalue weighted by atomic mass is 35.5. The van der Waals surface area contributed by atoms with Gasteiger partial charge >= 0.3 is 0 Å². The van der Waals surface area contributed by atoms with E-state index in [1.807, 2.05) is 6.92 Å². The molecule has 0 aliphatic heterocycles. The average Bonchev–Trinajstić information content (AvgIpc) is 2.47. The first-order valence-electron chi connectivity index (χ1n) is 9.15. The third kappa shape index (κ3) is 6.36. The van der Waals surface area contributed by atoms with Gasteiger partial charge < -0.3 is 16.0 Å². The first-order chi connectivity index (χ1) is 10.4. The number of likely N-dealkylation sites (N-methyl/N-ethyl adjacent to an activating group) is 1. The van der Waals surface area contributed by atoms with Crippen LogP contribution in [0.25, 0.3) is 0 Å². The van der Waals surface area contributed by atoms with Gasteiger partial charge in [0.15, 0.2) is 0 Å². The van der Waals surface area contributed by atoms with Crippen LogP contribution in [0.1, 0.15) is 64.7 Å². The largest absolute Gasteiger partial charge is 0.354 e. The monoisotopic (exact) mass is 381 g/mol. The van der Waals surface area contributed by atoms with Crippen molar-refractivity contribution in [1.82, 2.24) is 10.2 Å². The summed E-state index contributed by atoms with van der Waals surface area (Å²) < 4.78 is 0. The molecule has 2 aliphatic carbocycles. The van der Waals surface area contributed by atoms with Gasteiger partial charge in [0.25, 0.3) is 0 Å². The number of nitrogens with two attached hydrogens (primary N) is 1. The van der Waals surface area contributed by atoms with Crippen molar-refractivity contribution in [2.24, 2.45) is 17.6 Å². The first-order valence-corrected chi connectivity index (χ1v) is 9.15. The highest BCUT2D eigenvalue weighted by Gasteiger charge is 2.38. The van der Waals surface area contributed by atoms with Crippen LogP contribution in [0, 0.1) is 11.8 Å². The topological polar surface area (TPSA) is 58.4 Å². The van der Waals surface area contributed by atoms with Gasteiger partial charge in [0.1, 0.15) is 0 Å². The van der Waals surface area contributed by atoms with Crippen molar-refractivity contribution in [3.05, 3.63) is 0 Å². The number of rotatable bonds is 5. The van der Waals surface area contributed by atoms with Gasteiger partial charge in [-0.25, -0.2) is 0 Å². The molecule has 24 heavy (non-hydrogen) atoms. The molecule has 2 rings (SSSR count). The molecule has 4 nitrogen and oxygen atoms in total. The Labute approximate surface area is 160 Å². The van der Waals surface area contributed by atoms with Gasteiger partial charge in [0.2, 0.25) is 5.91 Å². The Hall–Kier alpha value is -0.0300. The highest BCUT2D eigenvalue weighted by Crippen LogP contribution is 2.32. The summed E-state index contributed by atoms with van der Waals surface area (Å²) in [5, 5.41) is 3.23. The highest BCUT2D eigenvalue weighted by molar-refractivity contribution is 5.85. The summed E-state index contributed by atoms with van der Waals surface area (Å²) in [5.41, 5.74) is 6.03. The Kier molecular flexibility index (Phi) is 10.8. The predicted octanol–water partition coefficient (Wildman–Crippen LogP) is 3.36. The molecule has 0 spiro atoms.